The van der Waals surface area contributed by atoms with Gasteiger partial charge in [-0.3, -0.25) is 14.5 Å². The van der Waals surface area contributed by atoms with Crippen molar-refractivity contribution in [2.45, 2.75) is 19.9 Å². The molecule has 0 radical (unpaired) electrons. The largest absolute Gasteiger partial charge is 0.507 e. The first kappa shape index (κ1) is 20.8. The number of halogens is 2. The molecule has 0 aromatic heterocycles. The maximum atomic E-state index is 13.5. The molecule has 3 aromatic carbocycles. The van der Waals surface area contributed by atoms with E-state index < -0.39 is 23.5 Å². The lowest BCUT2D eigenvalue weighted by molar-refractivity contribution is -0.132. The Labute approximate surface area is 184 Å². The van der Waals surface area contributed by atoms with Crippen molar-refractivity contribution in [1.82, 2.24) is 0 Å². The summed E-state index contributed by atoms with van der Waals surface area (Å²) < 4.78 is 13.5. The second-order valence-electron chi connectivity index (χ2n) is 7.52. The predicted molar refractivity (Wildman–Crippen MR) is 119 cm³/mol. The highest BCUT2D eigenvalue weighted by Crippen LogP contribution is 2.42. The maximum absolute atomic E-state index is 13.5. The molecular formula is C25H19ClFNO3. The Hall–Kier alpha value is -3.44. The smallest absolute Gasteiger partial charge is 0.300 e. The maximum Gasteiger partial charge on any atom is 0.300 e. The summed E-state index contributed by atoms with van der Waals surface area (Å²) in [6.45, 7) is 3.70. The first-order chi connectivity index (χ1) is 14.8. The van der Waals surface area contributed by atoms with Crippen LogP contribution in [0.25, 0.3) is 5.76 Å². The standard InChI is InChI=1S/C25H19ClFNO3/c1-14-3-4-15(2)20(13-14)23(29)21-22(16-5-7-17(26)8-6-16)28(25(31)24(21)30)19-11-9-18(27)10-12-19/h3-13,22,29H,1-2H3/b23-21+. The van der Waals surface area contributed by atoms with Gasteiger partial charge >= 0.3 is 0 Å². The molecule has 1 unspecified atom stereocenters. The SMILES string of the molecule is Cc1ccc(C)c(/C(O)=C2\C(=O)C(=O)N(c3ccc(F)cc3)C2c2ccc(Cl)cc2)c1. The van der Waals surface area contributed by atoms with Gasteiger partial charge in [-0.15, -0.1) is 0 Å². The number of rotatable bonds is 3. The summed E-state index contributed by atoms with van der Waals surface area (Å²) >= 11 is 6.03. The first-order valence-corrected chi connectivity index (χ1v) is 10.1. The number of amides is 1. The molecule has 3 aromatic rings. The molecule has 4 rings (SSSR count). The quantitative estimate of drug-likeness (QED) is 0.325. The molecule has 6 heteroatoms. The highest BCUT2D eigenvalue weighted by atomic mass is 35.5. The van der Waals surface area contributed by atoms with Crippen LogP contribution in [0.1, 0.15) is 28.3 Å². The highest BCUT2D eigenvalue weighted by molar-refractivity contribution is 6.51. The van der Waals surface area contributed by atoms with Crippen molar-refractivity contribution in [3.8, 4) is 0 Å². The van der Waals surface area contributed by atoms with Crippen LogP contribution < -0.4 is 4.90 Å². The van der Waals surface area contributed by atoms with Crippen LogP contribution in [0.2, 0.25) is 5.02 Å². The van der Waals surface area contributed by atoms with E-state index in [1.165, 1.54) is 29.2 Å². The minimum absolute atomic E-state index is 0.0228. The van der Waals surface area contributed by atoms with Gasteiger partial charge in [0.2, 0.25) is 0 Å². The van der Waals surface area contributed by atoms with Crippen molar-refractivity contribution in [3.63, 3.8) is 0 Å². The van der Waals surface area contributed by atoms with E-state index in [2.05, 4.69) is 0 Å². The fourth-order valence-electron chi connectivity index (χ4n) is 3.80. The zero-order chi connectivity index (χ0) is 22.3. The molecule has 1 amide bonds. The molecule has 4 nitrogen and oxygen atoms in total. The van der Waals surface area contributed by atoms with Gasteiger partial charge in [-0.05, 0) is 67.4 Å². The van der Waals surface area contributed by atoms with Gasteiger partial charge in [0.25, 0.3) is 11.7 Å². The molecule has 1 aliphatic rings. The fraction of sp³-hybridized carbons (Fsp3) is 0.120. The van der Waals surface area contributed by atoms with Crippen LogP contribution in [0, 0.1) is 19.7 Å². The number of aliphatic hydroxyl groups excluding tert-OH is 1. The monoisotopic (exact) mass is 435 g/mol. The van der Waals surface area contributed by atoms with Crippen molar-refractivity contribution < 1.29 is 19.1 Å². The Morgan fingerprint density at radius 2 is 1.61 bits per heavy atom. The van der Waals surface area contributed by atoms with Gasteiger partial charge in [-0.25, -0.2) is 4.39 Å². The average Bonchev–Trinajstić information content (AvgIpc) is 3.01. The van der Waals surface area contributed by atoms with E-state index in [1.54, 1.807) is 30.3 Å². The van der Waals surface area contributed by atoms with Gasteiger partial charge in [-0.2, -0.15) is 0 Å². The molecule has 1 N–H and O–H groups in total. The molecule has 1 saturated heterocycles. The fourth-order valence-corrected chi connectivity index (χ4v) is 3.92. The summed E-state index contributed by atoms with van der Waals surface area (Å²) in [5, 5.41) is 11.7. The van der Waals surface area contributed by atoms with Gasteiger partial charge < -0.3 is 5.11 Å². The molecule has 1 heterocycles. The van der Waals surface area contributed by atoms with Crippen molar-refractivity contribution in [1.29, 1.82) is 0 Å². The van der Waals surface area contributed by atoms with Crippen LogP contribution >= 0.6 is 11.6 Å². The van der Waals surface area contributed by atoms with E-state index in [9.17, 15) is 19.1 Å². The van der Waals surface area contributed by atoms with Crippen LogP contribution in [0.4, 0.5) is 10.1 Å². The third kappa shape index (κ3) is 3.73. The average molecular weight is 436 g/mol. The van der Waals surface area contributed by atoms with Crippen LogP contribution in [0.3, 0.4) is 0 Å². The lowest BCUT2D eigenvalue weighted by atomic mass is 9.93. The van der Waals surface area contributed by atoms with Crippen molar-refractivity contribution >= 4 is 34.7 Å². The molecule has 0 bridgehead atoms. The topological polar surface area (TPSA) is 57.6 Å². The Morgan fingerprint density at radius 1 is 0.968 bits per heavy atom. The summed E-state index contributed by atoms with van der Waals surface area (Å²) in [5.74, 6) is -2.30. The Morgan fingerprint density at radius 3 is 2.26 bits per heavy atom. The third-order valence-corrected chi connectivity index (χ3v) is 5.64. The minimum Gasteiger partial charge on any atom is -0.507 e. The van der Waals surface area contributed by atoms with E-state index in [-0.39, 0.29) is 11.3 Å². The molecular weight excluding hydrogens is 417 g/mol. The second kappa shape index (κ2) is 8.00. The third-order valence-electron chi connectivity index (χ3n) is 5.38. The van der Waals surface area contributed by atoms with Crippen LogP contribution in [-0.4, -0.2) is 16.8 Å². The lowest BCUT2D eigenvalue weighted by Crippen LogP contribution is -2.29. The molecule has 0 aliphatic carbocycles. The number of nitrogens with zero attached hydrogens (tertiary/aromatic N) is 1. The number of hydrogen-bond donors (Lipinski definition) is 1. The Kier molecular flexibility index (Phi) is 5.38. The zero-order valence-corrected chi connectivity index (χ0v) is 17.7. The van der Waals surface area contributed by atoms with E-state index in [0.717, 1.165) is 11.1 Å². The van der Waals surface area contributed by atoms with Gasteiger partial charge in [0, 0.05) is 16.3 Å². The number of benzene rings is 3. The summed E-state index contributed by atoms with van der Waals surface area (Å²) in [5.41, 5.74) is 3.08. The molecule has 1 aliphatic heterocycles. The molecule has 0 saturated carbocycles. The minimum atomic E-state index is -0.886. The van der Waals surface area contributed by atoms with Gasteiger partial charge in [0.05, 0.1) is 11.6 Å². The van der Waals surface area contributed by atoms with Crippen molar-refractivity contribution in [2.75, 3.05) is 4.90 Å². The van der Waals surface area contributed by atoms with Gasteiger partial charge in [0.1, 0.15) is 11.6 Å². The molecule has 1 atom stereocenters. The predicted octanol–water partition coefficient (Wildman–Crippen LogP) is 5.72. The highest BCUT2D eigenvalue weighted by Gasteiger charge is 2.47. The van der Waals surface area contributed by atoms with E-state index in [1.807, 2.05) is 26.0 Å². The second-order valence-corrected chi connectivity index (χ2v) is 7.95. The summed E-state index contributed by atoms with van der Waals surface area (Å²) in [4.78, 5) is 27.4. The van der Waals surface area contributed by atoms with E-state index in [4.69, 9.17) is 11.6 Å². The van der Waals surface area contributed by atoms with Gasteiger partial charge in [0.15, 0.2) is 0 Å². The number of aliphatic hydroxyl groups is 1. The van der Waals surface area contributed by atoms with Crippen LogP contribution in [0.5, 0.6) is 0 Å². The number of anilines is 1. The molecule has 1 fully saturated rings. The number of hydrogen-bond acceptors (Lipinski definition) is 3. The first-order valence-electron chi connectivity index (χ1n) is 9.67. The van der Waals surface area contributed by atoms with E-state index >= 15 is 0 Å². The summed E-state index contributed by atoms with van der Waals surface area (Å²) in [6.07, 6.45) is 0. The summed E-state index contributed by atoms with van der Waals surface area (Å²) in [7, 11) is 0. The van der Waals surface area contributed by atoms with Crippen LogP contribution in [-0.2, 0) is 9.59 Å². The van der Waals surface area contributed by atoms with Gasteiger partial charge in [-0.1, -0.05) is 41.4 Å². The summed E-state index contributed by atoms with van der Waals surface area (Å²) in [6, 6.07) is 16.6. The Bertz CT molecular complexity index is 1220. The molecule has 31 heavy (non-hydrogen) atoms. The van der Waals surface area contributed by atoms with E-state index in [0.29, 0.717) is 21.8 Å². The number of ketones is 1. The number of carbonyl (C=O) groups excluding carboxylic acids is 2. The Balaban J connectivity index is 1.97. The number of carbonyl (C=O) groups is 2. The number of Topliss-reactive ketones (excluding diaryl/α,β-unsaturated/α-hetero) is 1. The molecule has 0 spiro atoms. The normalized spacial score (nSPS) is 17.9. The number of aryl methyl sites for hydroxylation is 2. The van der Waals surface area contributed by atoms with Crippen molar-refractivity contribution in [2.24, 2.45) is 0 Å². The van der Waals surface area contributed by atoms with Crippen LogP contribution in [0.15, 0.2) is 72.3 Å². The van der Waals surface area contributed by atoms with Crippen molar-refractivity contribution in [3.05, 3.63) is 105 Å². The lowest BCUT2D eigenvalue weighted by Gasteiger charge is -2.25. The zero-order valence-electron chi connectivity index (χ0n) is 16.9. The molecule has 156 valence electrons.